The molecule has 0 saturated carbocycles. The van der Waals surface area contributed by atoms with Crippen molar-refractivity contribution in [1.29, 1.82) is 0 Å². The summed E-state index contributed by atoms with van der Waals surface area (Å²) in [5.74, 6) is -0.203. The normalized spacial score (nSPS) is 11.9. The number of amides is 1. The maximum Gasteiger partial charge on any atom is 0.417 e. The van der Waals surface area contributed by atoms with Crippen LogP contribution in [0.4, 0.5) is 30.2 Å². The molecule has 0 atom stereocenters. The summed E-state index contributed by atoms with van der Waals surface area (Å²) in [6.07, 6.45) is -4.80. The van der Waals surface area contributed by atoms with Crippen LogP contribution in [-0.2, 0) is 31.0 Å². The number of benzene rings is 4. The first-order valence-electron chi connectivity index (χ1n) is 12.7. The van der Waals surface area contributed by atoms with Crippen LogP contribution in [0.15, 0.2) is 101 Å². The molecule has 0 aliphatic rings. The molecule has 0 heterocycles. The maximum atomic E-state index is 13.6. The molecule has 0 fully saturated rings. The second-order valence-corrected chi connectivity index (χ2v) is 13.2. The first-order valence-corrected chi connectivity index (χ1v) is 16.0. The van der Waals surface area contributed by atoms with E-state index in [0.29, 0.717) is 11.8 Å². The van der Waals surface area contributed by atoms with E-state index in [9.17, 15) is 34.8 Å². The van der Waals surface area contributed by atoms with Crippen molar-refractivity contribution < 1.29 is 44.3 Å². The van der Waals surface area contributed by atoms with Gasteiger partial charge in [-0.2, -0.15) is 13.2 Å². The van der Waals surface area contributed by atoms with Crippen LogP contribution >= 0.6 is 11.6 Å². The number of methoxy groups -OCH3 is 2. The number of sulfonamides is 2. The van der Waals surface area contributed by atoms with Gasteiger partial charge in [0, 0.05) is 17.4 Å². The highest BCUT2D eigenvalue weighted by Gasteiger charge is 2.34. The predicted molar refractivity (Wildman–Crippen MR) is 163 cm³/mol. The van der Waals surface area contributed by atoms with Gasteiger partial charge in [-0.3, -0.25) is 13.8 Å². The molecule has 45 heavy (non-hydrogen) atoms. The Balaban J connectivity index is 1.55. The van der Waals surface area contributed by atoms with Crippen LogP contribution in [-0.4, -0.2) is 43.5 Å². The summed E-state index contributed by atoms with van der Waals surface area (Å²) in [4.78, 5) is 12.7. The summed E-state index contributed by atoms with van der Waals surface area (Å²) in [5.41, 5.74) is -1.35. The Morgan fingerprint density at radius 1 is 0.800 bits per heavy atom. The van der Waals surface area contributed by atoms with Crippen molar-refractivity contribution in [3.8, 4) is 11.5 Å². The average Bonchev–Trinajstić information content (AvgIpc) is 3.00. The van der Waals surface area contributed by atoms with E-state index < -0.39 is 49.3 Å². The topological polar surface area (TPSA) is 131 Å². The molecule has 0 unspecified atom stereocenters. The van der Waals surface area contributed by atoms with Crippen LogP contribution in [0.3, 0.4) is 0 Å². The molecule has 0 bridgehead atoms. The number of rotatable bonds is 11. The Morgan fingerprint density at radius 2 is 1.42 bits per heavy atom. The van der Waals surface area contributed by atoms with Gasteiger partial charge in [0.05, 0.1) is 40.3 Å². The van der Waals surface area contributed by atoms with Crippen LogP contribution in [0.5, 0.6) is 11.5 Å². The molecule has 1 amide bonds. The van der Waals surface area contributed by atoms with E-state index in [1.807, 2.05) is 0 Å². The highest BCUT2D eigenvalue weighted by Crippen LogP contribution is 2.37. The highest BCUT2D eigenvalue weighted by atomic mass is 35.5. The van der Waals surface area contributed by atoms with Crippen LogP contribution in [0.25, 0.3) is 0 Å². The SMILES string of the molecule is COc1ccc(N(CC(=O)Nc2ccc(S(=O)(=O)Nc3ccc(Cl)c(C(F)(F)F)c3)cc2)S(=O)(=O)c2ccccc2)cc1OC. The molecule has 4 aromatic carbocycles. The van der Waals surface area contributed by atoms with Crippen LogP contribution in [0.1, 0.15) is 5.56 Å². The zero-order valence-corrected chi connectivity index (χ0v) is 25.9. The van der Waals surface area contributed by atoms with E-state index >= 15 is 0 Å². The summed E-state index contributed by atoms with van der Waals surface area (Å²) in [5, 5.41) is 1.93. The van der Waals surface area contributed by atoms with E-state index in [-0.39, 0.29) is 32.6 Å². The summed E-state index contributed by atoms with van der Waals surface area (Å²) < 4.78 is 106. The molecule has 0 radical (unpaired) electrons. The van der Waals surface area contributed by atoms with Gasteiger partial charge in [-0.1, -0.05) is 29.8 Å². The number of nitrogens with zero attached hydrogens (tertiary/aromatic N) is 1. The molecule has 10 nitrogen and oxygen atoms in total. The van der Waals surface area contributed by atoms with Crippen molar-refractivity contribution >= 4 is 54.6 Å². The van der Waals surface area contributed by atoms with Crippen molar-refractivity contribution in [1.82, 2.24) is 0 Å². The molecule has 0 aliphatic heterocycles. The summed E-state index contributed by atoms with van der Waals surface area (Å²) >= 11 is 5.60. The van der Waals surface area contributed by atoms with Crippen molar-refractivity contribution in [3.63, 3.8) is 0 Å². The van der Waals surface area contributed by atoms with E-state index in [0.717, 1.165) is 28.6 Å². The van der Waals surface area contributed by atoms with Gasteiger partial charge < -0.3 is 14.8 Å². The quantitative estimate of drug-likeness (QED) is 0.198. The van der Waals surface area contributed by atoms with E-state index in [2.05, 4.69) is 10.0 Å². The highest BCUT2D eigenvalue weighted by molar-refractivity contribution is 7.93. The third kappa shape index (κ3) is 7.79. The summed E-state index contributed by atoms with van der Waals surface area (Å²) in [7, 11) is -5.79. The minimum Gasteiger partial charge on any atom is -0.493 e. The number of carbonyl (C=O) groups excluding carboxylic acids is 1. The number of alkyl halides is 3. The molecule has 238 valence electrons. The monoisotopic (exact) mass is 683 g/mol. The van der Waals surface area contributed by atoms with Gasteiger partial charge in [-0.15, -0.1) is 0 Å². The molecule has 4 aromatic rings. The molecule has 0 aliphatic carbocycles. The fourth-order valence-corrected chi connectivity index (χ4v) is 6.79. The van der Waals surface area contributed by atoms with Gasteiger partial charge in [0.25, 0.3) is 20.0 Å². The van der Waals surface area contributed by atoms with Crippen LogP contribution in [0.2, 0.25) is 5.02 Å². The molecule has 0 spiro atoms. The Bertz CT molecular complexity index is 1910. The van der Waals surface area contributed by atoms with Gasteiger partial charge in [0.15, 0.2) is 11.5 Å². The third-order valence-electron chi connectivity index (χ3n) is 6.25. The Kier molecular flexibility index (Phi) is 9.85. The van der Waals surface area contributed by atoms with Crippen molar-refractivity contribution in [2.45, 2.75) is 16.0 Å². The number of hydrogen-bond acceptors (Lipinski definition) is 7. The molecule has 4 rings (SSSR count). The fourth-order valence-electron chi connectivity index (χ4n) is 4.08. The lowest BCUT2D eigenvalue weighted by Crippen LogP contribution is -2.38. The number of hydrogen-bond donors (Lipinski definition) is 2. The van der Waals surface area contributed by atoms with Crippen molar-refractivity contribution in [3.05, 3.63) is 102 Å². The molecule has 0 aromatic heterocycles. The Labute approximate surface area is 262 Å². The van der Waals surface area contributed by atoms with Crippen molar-refractivity contribution in [2.75, 3.05) is 35.1 Å². The molecule has 16 heteroatoms. The van der Waals surface area contributed by atoms with Gasteiger partial charge in [-0.25, -0.2) is 16.8 Å². The van der Waals surface area contributed by atoms with Gasteiger partial charge in [-0.05, 0) is 66.7 Å². The lowest BCUT2D eigenvalue weighted by molar-refractivity contribution is -0.137. The maximum absolute atomic E-state index is 13.6. The zero-order valence-electron chi connectivity index (χ0n) is 23.5. The van der Waals surface area contributed by atoms with E-state index in [4.69, 9.17) is 21.1 Å². The molecule has 2 N–H and O–H groups in total. The zero-order chi connectivity index (χ0) is 33.0. The van der Waals surface area contributed by atoms with Gasteiger partial charge >= 0.3 is 6.18 Å². The lowest BCUT2D eigenvalue weighted by Gasteiger charge is -2.25. The molecular formula is C29H25ClF3N3O7S2. The summed E-state index contributed by atoms with van der Waals surface area (Å²) in [6.45, 7) is -0.674. The van der Waals surface area contributed by atoms with Crippen LogP contribution in [0, 0.1) is 0 Å². The number of carbonyl (C=O) groups is 1. The second kappa shape index (κ2) is 13.3. The van der Waals surface area contributed by atoms with E-state index in [1.165, 1.54) is 68.8 Å². The molecule has 0 saturated heterocycles. The fraction of sp³-hybridized carbons (Fsp3) is 0.138. The van der Waals surface area contributed by atoms with Crippen molar-refractivity contribution in [2.24, 2.45) is 0 Å². The standard InChI is InChI=1S/C29H25ClF3N3O7S2/c1-42-26-15-11-21(17-27(26)43-2)36(45(40,41)23-6-4-3-5-7-23)18-28(37)34-19-8-12-22(13-9-19)44(38,39)35-20-10-14-25(30)24(16-20)29(31,32)33/h3-17,35H,18H2,1-2H3,(H,34,37). The predicted octanol–water partition coefficient (Wildman–Crippen LogP) is 6.01. The third-order valence-corrected chi connectivity index (χ3v) is 9.76. The largest absolute Gasteiger partial charge is 0.493 e. The number of ether oxygens (including phenoxy) is 2. The van der Waals surface area contributed by atoms with Crippen LogP contribution < -0.4 is 23.8 Å². The number of halogens is 4. The minimum atomic E-state index is -4.80. The smallest absolute Gasteiger partial charge is 0.417 e. The molecular weight excluding hydrogens is 659 g/mol. The number of nitrogens with one attached hydrogen (secondary N) is 2. The second-order valence-electron chi connectivity index (χ2n) is 9.23. The first kappa shape index (κ1) is 33.4. The average molecular weight is 684 g/mol. The number of anilines is 3. The lowest BCUT2D eigenvalue weighted by atomic mass is 10.2. The van der Waals surface area contributed by atoms with Gasteiger partial charge in [0.2, 0.25) is 5.91 Å². The van der Waals surface area contributed by atoms with Gasteiger partial charge in [0.1, 0.15) is 6.54 Å². The minimum absolute atomic E-state index is 0.0716. The Morgan fingerprint density at radius 3 is 2.02 bits per heavy atom. The summed E-state index contributed by atoms with van der Waals surface area (Å²) in [6, 6.07) is 19.1. The Hall–Kier alpha value is -4.47. The van der Waals surface area contributed by atoms with E-state index in [1.54, 1.807) is 6.07 Å². The first-order chi connectivity index (χ1) is 21.2.